The first kappa shape index (κ1) is 28.1. The summed E-state index contributed by atoms with van der Waals surface area (Å²) in [5, 5.41) is 9.52. The Balaban J connectivity index is 1.20. The predicted octanol–water partition coefficient (Wildman–Crippen LogP) is 4.43. The fourth-order valence-corrected chi connectivity index (χ4v) is 5.43. The van der Waals surface area contributed by atoms with Crippen LogP contribution in [-0.2, 0) is 9.53 Å². The van der Waals surface area contributed by atoms with Gasteiger partial charge in [-0.1, -0.05) is 23.2 Å². The molecule has 1 atom stereocenters. The lowest BCUT2D eigenvalue weighted by atomic mass is 10.1. The van der Waals surface area contributed by atoms with Gasteiger partial charge in [0.15, 0.2) is 5.82 Å². The highest BCUT2D eigenvalue weighted by molar-refractivity contribution is 6.36. The number of carbonyl (C=O) groups excluding carboxylic acids is 2. The molecule has 11 heteroatoms. The summed E-state index contributed by atoms with van der Waals surface area (Å²) in [6.07, 6.45) is 1.69. The molecule has 0 N–H and O–H groups in total. The Bertz CT molecular complexity index is 1330. The summed E-state index contributed by atoms with van der Waals surface area (Å²) in [5.74, 6) is 1.12. The highest BCUT2D eigenvalue weighted by Gasteiger charge is 2.29. The van der Waals surface area contributed by atoms with Crippen LogP contribution in [0.4, 0.5) is 5.82 Å². The van der Waals surface area contributed by atoms with Crippen LogP contribution in [0.5, 0.6) is 5.75 Å². The van der Waals surface area contributed by atoms with Crippen molar-refractivity contribution in [2.24, 2.45) is 0 Å². The van der Waals surface area contributed by atoms with Gasteiger partial charge >= 0.3 is 0 Å². The molecule has 0 spiro atoms. The Labute approximate surface area is 243 Å². The van der Waals surface area contributed by atoms with Crippen LogP contribution in [0.25, 0.3) is 11.3 Å². The summed E-state index contributed by atoms with van der Waals surface area (Å²) in [4.78, 5) is 32.2. The molecule has 210 valence electrons. The van der Waals surface area contributed by atoms with Gasteiger partial charge in [0.25, 0.3) is 5.91 Å². The average molecular weight is 585 g/mol. The molecule has 1 aromatic heterocycles. The molecule has 9 nitrogen and oxygen atoms in total. The lowest BCUT2D eigenvalue weighted by Gasteiger charge is -2.36. The normalized spacial score (nSPS) is 17.1. The minimum atomic E-state index is -0.309. The molecule has 0 aliphatic carbocycles. The van der Waals surface area contributed by atoms with Crippen LogP contribution in [-0.4, -0.2) is 90.9 Å². The summed E-state index contributed by atoms with van der Waals surface area (Å²) < 4.78 is 11.0. The van der Waals surface area contributed by atoms with E-state index in [4.69, 9.17) is 32.7 Å². The zero-order valence-electron chi connectivity index (χ0n) is 22.3. The highest BCUT2D eigenvalue weighted by atomic mass is 35.5. The minimum absolute atomic E-state index is 0.0476. The first-order chi connectivity index (χ1) is 19.4. The summed E-state index contributed by atoms with van der Waals surface area (Å²) in [6.45, 7) is 3.21. The van der Waals surface area contributed by atoms with Gasteiger partial charge in [-0.05, 0) is 67.4 Å². The quantitative estimate of drug-likeness (QED) is 0.387. The number of halogens is 2. The summed E-state index contributed by atoms with van der Waals surface area (Å²) in [5.41, 5.74) is 2.05. The molecule has 3 heterocycles. The molecule has 2 amide bonds. The van der Waals surface area contributed by atoms with Gasteiger partial charge in [0.1, 0.15) is 12.3 Å². The third-order valence-electron chi connectivity index (χ3n) is 7.22. The van der Waals surface area contributed by atoms with E-state index >= 15 is 0 Å². The van der Waals surface area contributed by atoms with Crippen molar-refractivity contribution in [1.29, 1.82) is 0 Å². The van der Waals surface area contributed by atoms with Crippen LogP contribution in [0, 0.1) is 0 Å². The van der Waals surface area contributed by atoms with E-state index < -0.39 is 0 Å². The Morgan fingerprint density at radius 3 is 2.42 bits per heavy atom. The van der Waals surface area contributed by atoms with Gasteiger partial charge in [-0.25, -0.2) is 0 Å². The molecular formula is C29H31Cl2N5O4. The molecule has 2 saturated heterocycles. The van der Waals surface area contributed by atoms with Crippen LogP contribution in [0.1, 0.15) is 23.2 Å². The van der Waals surface area contributed by atoms with E-state index in [1.807, 2.05) is 36.4 Å². The van der Waals surface area contributed by atoms with E-state index in [1.165, 1.54) is 6.07 Å². The molecule has 3 aromatic rings. The van der Waals surface area contributed by atoms with Crippen molar-refractivity contribution in [3.05, 3.63) is 70.2 Å². The Hall–Kier alpha value is -3.40. The van der Waals surface area contributed by atoms with E-state index in [1.54, 1.807) is 29.0 Å². The van der Waals surface area contributed by atoms with Gasteiger partial charge in [-0.2, -0.15) is 0 Å². The van der Waals surface area contributed by atoms with Crippen molar-refractivity contribution >= 4 is 40.8 Å². The smallest absolute Gasteiger partial charge is 0.255 e. The molecule has 2 aliphatic heterocycles. The zero-order chi connectivity index (χ0) is 28.1. The SMILES string of the molecule is COc1ccc(-c2ccc(N3CCN(C(=O)CN(C[C@@H]4CCCO4)C(=O)c4ccc(Cl)cc4Cl)CC3)nn2)cc1. The van der Waals surface area contributed by atoms with E-state index in [-0.39, 0.29) is 29.5 Å². The fourth-order valence-electron chi connectivity index (χ4n) is 4.94. The molecule has 0 bridgehead atoms. The average Bonchev–Trinajstić information content (AvgIpc) is 3.50. The molecule has 40 heavy (non-hydrogen) atoms. The highest BCUT2D eigenvalue weighted by Crippen LogP contribution is 2.25. The number of rotatable bonds is 8. The second kappa shape index (κ2) is 12.8. The van der Waals surface area contributed by atoms with Crippen molar-refractivity contribution < 1.29 is 19.1 Å². The molecular weight excluding hydrogens is 553 g/mol. The number of amides is 2. The second-order valence-corrected chi connectivity index (χ2v) is 10.7. The van der Waals surface area contributed by atoms with Crippen LogP contribution in [0.2, 0.25) is 10.0 Å². The Kier molecular flexibility index (Phi) is 9.04. The van der Waals surface area contributed by atoms with Crippen molar-refractivity contribution in [3.63, 3.8) is 0 Å². The third kappa shape index (κ3) is 6.66. The molecule has 5 rings (SSSR count). The number of anilines is 1. The minimum Gasteiger partial charge on any atom is -0.497 e. The van der Waals surface area contributed by atoms with E-state index in [2.05, 4.69) is 15.1 Å². The first-order valence-electron chi connectivity index (χ1n) is 13.3. The van der Waals surface area contributed by atoms with Crippen molar-refractivity contribution in [1.82, 2.24) is 20.0 Å². The third-order valence-corrected chi connectivity index (χ3v) is 7.76. The number of benzene rings is 2. The number of methoxy groups -OCH3 is 1. The molecule has 2 fully saturated rings. The standard InChI is InChI=1S/C29H31Cl2N5O4/c1-39-22-7-4-20(5-8-22)26-10-11-27(33-32-26)34-12-14-35(15-13-34)28(37)19-36(18-23-3-2-16-40-23)29(38)24-9-6-21(30)17-25(24)31/h4-11,17,23H,2-3,12-16,18-19H2,1H3/t23-/m0/s1. The number of hydrogen-bond donors (Lipinski definition) is 0. The summed E-state index contributed by atoms with van der Waals surface area (Å²) in [7, 11) is 1.63. The largest absolute Gasteiger partial charge is 0.497 e. The topological polar surface area (TPSA) is 88.1 Å². The molecule has 2 aromatic carbocycles. The maximum atomic E-state index is 13.4. The fraction of sp³-hybridized carbons (Fsp3) is 0.379. The van der Waals surface area contributed by atoms with Gasteiger partial charge in [-0.15, -0.1) is 10.2 Å². The lowest BCUT2D eigenvalue weighted by molar-refractivity contribution is -0.132. The van der Waals surface area contributed by atoms with E-state index in [9.17, 15) is 9.59 Å². The maximum Gasteiger partial charge on any atom is 0.255 e. The number of hydrogen-bond acceptors (Lipinski definition) is 7. The Morgan fingerprint density at radius 1 is 1.02 bits per heavy atom. The van der Waals surface area contributed by atoms with Crippen LogP contribution >= 0.6 is 23.2 Å². The van der Waals surface area contributed by atoms with Gasteiger partial charge < -0.3 is 24.2 Å². The number of carbonyl (C=O) groups is 2. The van der Waals surface area contributed by atoms with Crippen molar-refractivity contribution in [2.75, 3.05) is 57.9 Å². The van der Waals surface area contributed by atoms with Gasteiger partial charge in [-0.3, -0.25) is 9.59 Å². The van der Waals surface area contributed by atoms with Crippen molar-refractivity contribution in [2.45, 2.75) is 18.9 Å². The number of aromatic nitrogens is 2. The van der Waals surface area contributed by atoms with E-state index in [0.29, 0.717) is 49.9 Å². The summed E-state index contributed by atoms with van der Waals surface area (Å²) >= 11 is 12.3. The van der Waals surface area contributed by atoms with Gasteiger partial charge in [0.2, 0.25) is 5.91 Å². The first-order valence-corrected chi connectivity index (χ1v) is 14.0. The Morgan fingerprint density at radius 2 is 1.80 bits per heavy atom. The number of piperazine rings is 1. The molecule has 2 aliphatic rings. The summed E-state index contributed by atoms with van der Waals surface area (Å²) in [6, 6.07) is 16.3. The monoisotopic (exact) mass is 583 g/mol. The zero-order valence-corrected chi connectivity index (χ0v) is 23.8. The molecule has 0 unspecified atom stereocenters. The van der Waals surface area contributed by atoms with Crippen LogP contribution in [0.15, 0.2) is 54.6 Å². The van der Waals surface area contributed by atoms with Crippen LogP contribution in [0.3, 0.4) is 0 Å². The van der Waals surface area contributed by atoms with E-state index in [0.717, 1.165) is 35.7 Å². The molecule has 0 radical (unpaired) electrons. The van der Waals surface area contributed by atoms with Crippen molar-refractivity contribution in [3.8, 4) is 17.0 Å². The second-order valence-electron chi connectivity index (χ2n) is 9.82. The predicted molar refractivity (Wildman–Crippen MR) is 154 cm³/mol. The van der Waals surface area contributed by atoms with Gasteiger partial charge in [0.05, 0.1) is 29.5 Å². The van der Waals surface area contributed by atoms with Gasteiger partial charge in [0, 0.05) is 49.9 Å². The lowest BCUT2D eigenvalue weighted by Crippen LogP contribution is -2.52. The molecule has 0 saturated carbocycles. The number of nitrogens with zero attached hydrogens (tertiary/aromatic N) is 5. The maximum absolute atomic E-state index is 13.4. The number of ether oxygens (including phenoxy) is 2. The van der Waals surface area contributed by atoms with Crippen LogP contribution < -0.4 is 9.64 Å².